The van der Waals surface area contributed by atoms with Crippen LogP contribution in [0.1, 0.15) is 5.69 Å². The highest BCUT2D eigenvalue weighted by Gasteiger charge is 2.22. The molecule has 0 aliphatic carbocycles. The Kier molecular flexibility index (Phi) is 3.51. The lowest BCUT2D eigenvalue weighted by atomic mass is 10.00. The van der Waals surface area contributed by atoms with Crippen LogP contribution in [-0.2, 0) is 0 Å². The Bertz CT molecular complexity index is 1120. The lowest BCUT2D eigenvalue weighted by molar-refractivity contribution is 0.389. The van der Waals surface area contributed by atoms with Gasteiger partial charge in [-0.15, -0.1) is 0 Å². The van der Waals surface area contributed by atoms with E-state index in [1.807, 2.05) is 0 Å². The number of nitrogens with one attached hydrogen (secondary N) is 1. The number of halogens is 2. The van der Waals surface area contributed by atoms with Gasteiger partial charge in [0.2, 0.25) is 0 Å². The fourth-order valence-corrected chi connectivity index (χ4v) is 3.29. The number of pyridine rings is 1. The molecule has 5 nitrogen and oxygen atoms in total. The third kappa shape index (κ3) is 2.29. The molecule has 7 heteroatoms. The lowest BCUT2D eigenvalue weighted by Gasteiger charge is -2.12. The Morgan fingerprint density at radius 3 is 2.60 bits per heavy atom. The monoisotopic (exact) mass is 357 g/mol. The van der Waals surface area contributed by atoms with Crippen molar-refractivity contribution in [2.24, 2.45) is 0 Å². The van der Waals surface area contributed by atoms with Crippen molar-refractivity contribution in [2.45, 2.75) is 6.92 Å². The maximum atomic E-state index is 15.2. The first-order valence-corrected chi connectivity index (χ1v) is 7.89. The smallest absolute Gasteiger partial charge is 0.182 e. The van der Waals surface area contributed by atoms with Crippen molar-refractivity contribution in [1.29, 1.82) is 0 Å². The summed E-state index contributed by atoms with van der Waals surface area (Å²) in [6.07, 6.45) is 0. The number of phenols is 1. The zero-order valence-corrected chi connectivity index (χ0v) is 14.1. The van der Waals surface area contributed by atoms with Crippen LogP contribution in [0, 0.1) is 12.7 Å². The summed E-state index contributed by atoms with van der Waals surface area (Å²) in [5.41, 5.74) is 2.34. The van der Waals surface area contributed by atoms with E-state index in [2.05, 4.69) is 15.2 Å². The molecule has 0 bridgehead atoms. The van der Waals surface area contributed by atoms with Gasteiger partial charge in [-0.2, -0.15) is 5.10 Å². The predicted molar refractivity (Wildman–Crippen MR) is 94.8 cm³/mol. The van der Waals surface area contributed by atoms with Crippen molar-refractivity contribution in [2.75, 3.05) is 7.11 Å². The van der Waals surface area contributed by atoms with Crippen molar-refractivity contribution >= 4 is 33.4 Å². The van der Waals surface area contributed by atoms with E-state index in [0.29, 0.717) is 38.8 Å². The van der Waals surface area contributed by atoms with Gasteiger partial charge in [0.15, 0.2) is 17.2 Å². The molecule has 2 heterocycles. The molecule has 0 unspecified atom stereocenters. The summed E-state index contributed by atoms with van der Waals surface area (Å²) in [6.45, 7) is 1.80. The number of H-pyrrole nitrogens is 1. The van der Waals surface area contributed by atoms with Crippen molar-refractivity contribution < 1.29 is 14.2 Å². The van der Waals surface area contributed by atoms with Crippen LogP contribution in [-0.4, -0.2) is 27.4 Å². The van der Waals surface area contributed by atoms with Gasteiger partial charge < -0.3 is 9.84 Å². The molecule has 0 spiro atoms. The van der Waals surface area contributed by atoms with E-state index < -0.39 is 5.82 Å². The second-order valence-corrected chi connectivity index (χ2v) is 6.09. The first-order valence-electron chi connectivity index (χ1n) is 7.51. The van der Waals surface area contributed by atoms with Crippen LogP contribution in [0.15, 0.2) is 30.3 Å². The average Bonchev–Trinajstić information content (AvgIpc) is 2.96. The topological polar surface area (TPSA) is 71.0 Å². The first kappa shape index (κ1) is 15.7. The molecular formula is C18H13ClFN3O2. The minimum Gasteiger partial charge on any atom is -0.508 e. The van der Waals surface area contributed by atoms with E-state index in [-0.39, 0.29) is 16.5 Å². The summed E-state index contributed by atoms with van der Waals surface area (Å²) < 4.78 is 20.3. The molecule has 0 amide bonds. The molecule has 0 radical (unpaired) electrons. The van der Waals surface area contributed by atoms with E-state index in [1.54, 1.807) is 37.3 Å². The average molecular weight is 358 g/mol. The van der Waals surface area contributed by atoms with Gasteiger partial charge in [-0.05, 0) is 37.3 Å². The van der Waals surface area contributed by atoms with Gasteiger partial charge in [-0.3, -0.25) is 5.10 Å². The van der Waals surface area contributed by atoms with Crippen LogP contribution in [0.2, 0.25) is 5.02 Å². The number of aromatic amines is 1. The molecule has 2 N–H and O–H groups in total. The van der Waals surface area contributed by atoms with Crippen LogP contribution in [0.25, 0.3) is 33.1 Å². The molecule has 2 aromatic heterocycles. The fraction of sp³-hybridized carbons (Fsp3) is 0.111. The van der Waals surface area contributed by atoms with Gasteiger partial charge in [-0.25, -0.2) is 9.37 Å². The van der Waals surface area contributed by atoms with Gasteiger partial charge >= 0.3 is 0 Å². The maximum Gasteiger partial charge on any atom is 0.182 e. The number of aryl methyl sites for hydroxylation is 1. The summed E-state index contributed by atoms with van der Waals surface area (Å²) in [6, 6.07) is 8.14. The zero-order chi connectivity index (χ0) is 17.7. The quantitative estimate of drug-likeness (QED) is 0.550. The highest BCUT2D eigenvalue weighted by molar-refractivity contribution is 6.33. The molecule has 0 aliphatic heterocycles. The van der Waals surface area contributed by atoms with Gasteiger partial charge in [-0.1, -0.05) is 11.6 Å². The van der Waals surface area contributed by atoms with Crippen LogP contribution >= 0.6 is 11.6 Å². The minimum atomic E-state index is -0.554. The maximum absolute atomic E-state index is 15.2. The van der Waals surface area contributed by atoms with Crippen LogP contribution in [0.3, 0.4) is 0 Å². The third-order valence-electron chi connectivity index (χ3n) is 4.17. The van der Waals surface area contributed by atoms with Crippen molar-refractivity contribution in [1.82, 2.24) is 15.2 Å². The summed E-state index contributed by atoms with van der Waals surface area (Å²) >= 11 is 6.20. The van der Waals surface area contributed by atoms with Gasteiger partial charge in [0.25, 0.3) is 0 Å². The van der Waals surface area contributed by atoms with E-state index >= 15 is 4.39 Å². The summed E-state index contributed by atoms with van der Waals surface area (Å²) in [5.74, 6) is -0.434. The number of aromatic hydroxyl groups is 1. The standard InChI is InChI=1S/C18H13ClFN3O2/c1-8-13-14-11(7-12(19)17(25-2)15(14)20)16(21-18(13)23-22-8)9-3-5-10(24)6-4-9/h3-7,24H,1-2H3,(H,21,22,23). The Morgan fingerprint density at radius 1 is 1.20 bits per heavy atom. The van der Waals surface area contributed by atoms with Gasteiger partial charge in [0.05, 0.1) is 23.2 Å². The number of nitrogens with zero attached hydrogens (tertiary/aromatic N) is 2. The third-order valence-corrected chi connectivity index (χ3v) is 4.45. The number of ether oxygens (including phenoxy) is 1. The number of methoxy groups -OCH3 is 1. The van der Waals surface area contributed by atoms with Crippen LogP contribution in [0.5, 0.6) is 11.5 Å². The second kappa shape index (κ2) is 5.60. The normalized spacial score (nSPS) is 11.4. The molecule has 0 saturated carbocycles. The van der Waals surface area contributed by atoms with Gasteiger partial charge in [0, 0.05) is 22.0 Å². The number of benzene rings is 2. The second-order valence-electron chi connectivity index (χ2n) is 5.68. The number of hydrogen-bond acceptors (Lipinski definition) is 4. The highest BCUT2D eigenvalue weighted by Crippen LogP contribution is 2.41. The molecule has 0 fully saturated rings. The molecule has 0 aliphatic rings. The minimum absolute atomic E-state index is 0.0149. The number of hydrogen-bond donors (Lipinski definition) is 2. The van der Waals surface area contributed by atoms with Gasteiger partial charge in [0.1, 0.15) is 5.75 Å². The van der Waals surface area contributed by atoms with E-state index in [1.165, 1.54) is 7.11 Å². The molecule has 0 saturated heterocycles. The van der Waals surface area contributed by atoms with E-state index in [0.717, 1.165) is 0 Å². The highest BCUT2D eigenvalue weighted by atomic mass is 35.5. The number of phenolic OH excluding ortho intramolecular Hbond substituents is 1. The van der Waals surface area contributed by atoms with E-state index in [4.69, 9.17) is 16.3 Å². The Hall–Kier alpha value is -2.86. The molecular weight excluding hydrogens is 345 g/mol. The van der Waals surface area contributed by atoms with Crippen molar-refractivity contribution in [3.8, 4) is 22.8 Å². The molecule has 126 valence electrons. The predicted octanol–water partition coefficient (Wildman–Crippen LogP) is 4.59. The summed E-state index contributed by atoms with van der Waals surface area (Å²) in [5, 5.41) is 18.2. The number of fused-ring (bicyclic) bond motifs is 3. The Labute approximate surface area is 147 Å². The number of aromatic nitrogens is 3. The van der Waals surface area contributed by atoms with Crippen LogP contribution in [0.4, 0.5) is 4.39 Å². The summed E-state index contributed by atoms with van der Waals surface area (Å²) in [7, 11) is 1.37. The molecule has 25 heavy (non-hydrogen) atoms. The SMILES string of the molecule is COc1c(Cl)cc2c(-c3ccc(O)cc3)nc3n[nH]c(C)c3c2c1F. The van der Waals surface area contributed by atoms with Crippen molar-refractivity contribution in [3.05, 3.63) is 46.9 Å². The summed E-state index contributed by atoms with van der Waals surface area (Å²) in [4.78, 5) is 4.57. The Morgan fingerprint density at radius 2 is 1.92 bits per heavy atom. The van der Waals surface area contributed by atoms with Crippen molar-refractivity contribution in [3.63, 3.8) is 0 Å². The van der Waals surface area contributed by atoms with Crippen LogP contribution < -0.4 is 4.74 Å². The Balaban J connectivity index is 2.21. The molecule has 4 aromatic rings. The zero-order valence-electron chi connectivity index (χ0n) is 13.4. The molecule has 4 rings (SSSR count). The first-order chi connectivity index (χ1) is 12.0. The fourth-order valence-electron chi connectivity index (χ4n) is 3.02. The number of rotatable bonds is 2. The molecule has 0 atom stereocenters. The lowest BCUT2D eigenvalue weighted by Crippen LogP contribution is -1.96. The largest absolute Gasteiger partial charge is 0.508 e. The van der Waals surface area contributed by atoms with E-state index in [9.17, 15) is 5.11 Å². The molecule has 2 aromatic carbocycles.